The summed E-state index contributed by atoms with van der Waals surface area (Å²) in [5.74, 6) is 0.827. The topological polar surface area (TPSA) is 56.8 Å². The average Bonchev–Trinajstić information content (AvgIpc) is 2.60. The molecule has 5 heteroatoms. The number of hydrogen-bond acceptors (Lipinski definition) is 5. The summed E-state index contributed by atoms with van der Waals surface area (Å²) in [5, 5.41) is 3.62. The van der Waals surface area contributed by atoms with Crippen LogP contribution in [0.4, 0.5) is 0 Å². The second-order valence-electron chi connectivity index (χ2n) is 5.79. The van der Waals surface area contributed by atoms with Gasteiger partial charge in [-0.05, 0) is 37.5 Å². The van der Waals surface area contributed by atoms with Gasteiger partial charge in [-0.15, -0.1) is 0 Å². The van der Waals surface area contributed by atoms with Crippen molar-refractivity contribution in [2.45, 2.75) is 51.6 Å². The highest BCUT2D eigenvalue weighted by atomic mass is 16.6. The zero-order valence-electron chi connectivity index (χ0n) is 14.1. The van der Waals surface area contributed by atoms with E-state index in [0.29, 0.717) is 24.1 Å². The maximum absolute atomic E-state index is 11.2. The van der Waals surface area contributed by atoms with E-state index in [1.54, 1.807) is 0 Å². The number of benzene rings is 1. The van der Waals surface area contributed by atoms with E-state index in [1.165, 1.54) is 39.2 Å². The molecule has 1 aliphatic rings. The first-order valence-electron chi connectivity index (χ1n) is 8.41. The monoisotopic (exact) mass is 321 g/mol. The molecule has 0 radical (unpaired) electrons. The largest absolute Gasteiger partial charge is 0.490 e. The number of carbonyl (C=O) groups is 1. The number of ether oxygens (including phenoxy) is 3. The molecule has 0 atom stereocenters. The van der Waals surface area contributed by atoms with Gasteiger partial charge in [-0.3, -0.25) is 0 Å². The van der Waals surface area contributed by atoms with Gasteiger partial charge in [-0.25, -0.2) is 4.79 Å². The van der Waals surface area contributed by atoms with Gasteiger partial charge >= 0.3 is 5.97 Å². The third-order valence-electron chi connectivity index (χ3n) is 4.08. The van der Waals surface area contributed by atoms with Gasteiger partial charge in [0.15, 0.2) is 18.1 Å². The molecule has 0 unspecified atom stereocenters. The van der Waals surface area contributed by atoms with Crippen LogP contribution in [0.25, 0.3) is 0 Å². The molecule has 1 fully saturated rings. The molecule has 0 saturated heterocycles. The van der Waals surface area contributed by atoms with Gasteiger partial charge in [-0.2, -0.15) is 0 Å². The summed E-state index contributed by atoms with van der Waals surface area (Å²) >= 11 is 0. The molecule has 0 aromatic heterocycles. The minimum absolute atomic E-state index is 0.115. The minimum atomic E-state index is -0.407. The van der Waals surface area contributed by atoms with Crippen molar-refractivity contribution in [3.63, 3.8) is 0 Å². The molecule has 0 spiro atoms. The molecule has 1 saturated carbocycles. The van der Waals surface area contributed by atoms with Crippen LogP contribution < -0.4 is 14.8 Å². The van der Waals surface area contributed by atoms with Gasteiger partial charge in [-0.1, -0.05) is 25.3 Å². The molecule has 1 aromatic carbocycles. The van der Waals surface area contributed by atoms with E-state index in [-0.39, 0.29) is 6.61 Å². The number of esters is 1. The fraction of sp³-hybridized carbons (Fsp3) is 0.611. The average molecular weight is 321 g/mol. The van der Waals surface area contributed by atoms with Gasteiger partial charge in [0.2, 0.25) is 0 Å². The molecule has 128 valence electrons. The first kappa shape index (κ1) is 17.6. The summed E-state index contributed by atoms with van der Waals surface area (Å²) in [6.07, 6.45) is 6.53. The fourth-order valence-corrected chi connectivity index (χ4v) is 2.81. The zero-order valence-corrected chi connectivity index (χ0v) is 14.1. The molecule has 1 N–H and O–H groups in total. The van der Waals surface area contributed by atoms with Crippen molar-refractivity contribution in [3.05, 3.63) is 23.8 Å². The van der Waals surface area contributed by atoms with Crippen molar-refractivity contribution in [2.24, 2.45) is 0 Å². The Kier molecular flexibility index (Phi) is 7.20. The Morgan fingerprint density at radius 3 is 2.65 bits per heavy atom. The summed E-state index contributed by atoms with van der Waals surface area (Å²) in [7, 11) is 1.34. The van der Waals surface area contributed by atoms with Crippen molar-refractivity contribution < 1.29 is 19.0 Å². The maximum atomic E-state index is 11.2. The molecule has 0 aliphatic heterocycles. The Labute approximate surface area is 138 Å². The molecule has 23 heavy (non-hydrogen) atoms. The Bertz CT molecular complexity index is 498. The quantitative estimate of drug-likeness (QED) is 0.746. The highest BCUT2D eigenvalue weighted by molar-refractivity contribution is 5.71. The van der Waals surface area contributed by atoms with Crippen LogP contribution >= 0.6 is 0 Å². The van der Waals surface area contributed by atoms with E-state index in [1.807, 2.05) is 25.1 Å². The standard InChI is InChI=1S/C18H27NO4/c1-3-22-17-11-14(12-19-15-7-5-4-6-8-15)9-10-16(17)23-13-18(20)21-2/h9-11,15,19H,3-8,12-13H2,1-2H3. The van der Waals surface area contributed by atoms with Crippen LogP contribution in [0.3, 0.4) is 0 Å². The van der Waals surface area contributed by atoms with E-state index >= 15 is 0 Å². The van der Waals surface area contributed by atoms with Gasteiger partial charge in [0.25, 0.3) is 0 Å². The lowest BCUT2D eigenvalue weighted by atomic mass is 9.95. The van der Waals surface area contributed by atoms with Crippen molar-refractivity contribution in [2.75, 3.05) is 20.3 Å². The third kappa shape index (κ3) is 5.75. The number of hydrogen-bond donors (Lipinski definition) is 1. The van der Waals surface area contributed by atoms with E-state index in [0.717, 1.165) is 12.1 Å². The highest BCUT2D eigenvalue weighted by Gasteiger charge is 2.13. The molecule has 0 heterocycles. The van der Waals surface area contributed by atoms with Gasteiger partial charge in [0.1, 0.15) is 0 Å². The lowest BCUT2D eigenvalue weighted by molar-refractivity contribution is -0.142. The number of carbonyl (C=O) groups excluding carboxylic acids is 1. The Hall–Kier alpha value is -1.75. The second-order valence-corrected chi connectivity index (χ2v) is 5.79. The van der Waals surface area contributed by atoms with Crippen molar-refractivity contribution in [1.29, 1.82) is 0 Å². The maximum Gasteiger partial charge on any atom is 0.343 e. The molecule has 1 aromatic rings. The van der Waals surface area contributed by atoms with Crippen molar-refractivity contribution in [3.8, 4) is 11.5 Å². The van der Waals surface area contributed by atoms with Crippen LogP contribution in [0, 0.1) is 0 Å². The Morgan fingerprint density at radius 2 is 1.96 bits per heavy atom. The summed E-state index contributed by atoms with van der Waals surface area (Å²) in [5.41, 5.74) is 1.16. The number of methoxy groups -OCH3 is 1. The lowest BCUT2D eigenvalue weighted by Gasteiger charge is -2.23. The van der Waals surface area contributed by atoms with Gasteiger partial charge < -0.3 is 19.5 Å². The van der Waals surface area contributed by atoms with E-state index in [2.05, 4.69) is 10.1 Å². The minimum Gasteiger partial charge on any atom is -0.490 e. The van der Waals surface area contributed by atoms with E-state index < -0.39 is 5.97 Å². The highest BCUT2D eigenvalue weighted by Crippen LogP contribution is 2.29. The number of rotatable bonds is 8. The third-order valence-corrected chi connectivity index (χ3v) is 4.08. The van der Waals surface area contributed by atoms with Gasteiger partial charge in [0, 0.05) is 12.6 Å². The fourth-order valence-electron chi connectivity index (χ4n) is 2.81. The molecule has 2 rings (SSSR count). The van der Waals surface area contributed by atoms with Crippen LogP contribution in [0.5, 0.6) is 11.5 Å². The zero-order chi connectivity index (χ0) is 16.5. The van der Waals surface area contributed by atoms with Crippen LogP contribution in [-0.2, 0) is 16.1 Å². The second kappa shape index (κ2) is 9.40. The smallest absolute Gasteiger partial charge is 0.343 e. The van der Waals surface area contributed by atoms with E-state index in [9.17, 15) is 4.79 Å². The van der Waals surface area contributed by atoms with Crippen LogP contribution in [0.2, 0.25) is 0 Å². The number of nitrogens with one attached hydrogen (secondary N) is 1. The Balaban J connectivity index is 1.95. The lowest BCUT2D eigenvalue weighted by Crippen LogP contribution is -2.30. The summed E-state index contributed by atoms with van der Waals surface area (Å²) in [6.45, 7) is 3.18. The molecule has 1 aliphatic carbocycles. The summed E-state index contributed by atoms with van der Waals surface area (Å²) in [4.78, 5) is 11.2. The molecular formula is C18H27NO4. The molecule has 0 bridgehead atoms. The molecule has 5 nitrogen and oxygen atoms in total. The SMILES string of the molecule is CCOc1cc(CNC2CCCCC2)ccc1OCC(=O)OC. The van der Waals surface area contributed by atoms with Crippen molar-refractivity contribution >= 4 is 5.97 Å². The predicted octanol–water partition coefficient (Wildman–Crippen LogP) is 3.06. The van der Waals surface area contributed by atoms with Crippen molar-refractivity contribution in [1.82, 2.24) is 5.32 Å². The molecule has 0 amide bonds. The normalized spacial score (nSPS) is 15.2. The summed E-state index contributed by atoms with van der Waals surface area (Å²) in [6, 6.07) is 6.46. The van der Waals surface area contributed by atoms with E-state index in [4.69, 9.17) is 9.47 Å². The van der Waals surface area contributed by atoms with Crippen LogP contribution in [0.15, 0.2) is 18.2 Å². The first-order chi connectivity index (χ1) is 11.2. The predicted molar refractivity (Wildman–Crippen MR) is 88.8 cm³/mol. The van der Waals surface area contributed by atoms with Crippen LogP contribution in [0.1, 0.15) is 44.6 Å². The Morgan fingerprint density at radius 1 is 1.17 bits per heavy atom. The molecular weight excluding hydrogens is 294 g/mol. The first-order valence-corrected chi connectivity index (χ1v) is 8.41. The van der Waals surface area contributed by atoms with Crippen LogP contribution in [-0.4, -0.2) is 32.3 Å². The summed E-state index contributed by atoms with van der Waals surface area (Å²) < 4.78 is 15.7. The van der Waals surface area contributed by atoms with Gasteiger partial charge in [0.05, 0.1) is 13.7 Å².